The van der Waals surface area contributed by atoms with E-state index in [1.807, 2.05) is 0 Å². The fraction of sp³-hybridized carbons (Fsp3) is 0.769. The number of carbonyl (C=O) groups is 3. The Bertz CT molecular complexity index is 457. The van der Waals surface area contributed by atoms with Crippen LogP contribution < -0.4 is 16.0 Å². The van der Waals surface area contributed by atoms with Gasteiger partial charge in [-0.05, 0) is 0 Å². The molecule has 25 heavy (non-hydrogen) atoms. The third-order valence-corrected chi connectivity index (χ3v) is 3.90. The minimum atomic E-state index is -1.48. The molecule has 0 aromatic rings. The highest BCUT2D eigenvalue weighted by Crippen LogP contribution is 2.22. The van der Waals surface area contributed by atoms with Gasteiger partial charge in [0.1, 0.15) is 0 Å². The molecule has 0 saturated heterocycles. The number of rotatable bonds is 10. The summed E-state index contributed by atoms with van der Waals surface area (Å²) in [4.78, 5) is 32.0. The quantitative estimate of drug-likeness (QED) is 0.180. The second-order valence-electron chi connectivity index (χ2n) is 5.70. The van der Waals surface area contributed by atoms with Crippen LogP contribution >= 0.6 is 0 Å². The van der Waals surface area contributed by atoms with E-state index in [0.29, 0.717) is 0 Å². The van der Waals surface area contributed by atoms with E-state index in [1.165, 1.54) is 0 Å². The molecule has 0 aromatic carbocycles. The summed E-state index contributed by atoms with van der Waals surface area (Å²) >= 11 is 0. The summed E-state index contributed by atoms with van der Waals surface area (Å²) in [7, 11) is 0. The Morgan fingerprint density at radius 3 is 1.32 bits per heavy atom. The summed E-state index contributed by atoms with van der Waals surface area (Å²) in [6.45, 7) is -1.26. The van der Waals surface area contributed by atoms with Crippen LogP contribution in [0.1, 0.15) is 6.42 Å². The zero-order valence-corrected chi connectivity index (χ0v) is 13.2. The van der Waals surface area contributed by atoms with Crippen molar-refractivity contribution in [2.45, 2.75) is 42.9 Å². The van der Waals surface area contributed by atoms with E-state index in [4.69, 9.17) is 15.3 Å². The predicted molar refractivity (Wildman–Crippen MR) is 80.9 cm³/mol. The lowest BCUT2D eigenvalue weighted by Crippen LogP contribution is -2.74. The smallest absolute Gasteiger partial charge is 0.317 e. The van der Waals surface area contributed by atoms with Gasteiger partial charge >= 0.3 is 17.9 Å². The minimum absolute atomic E-state index is 0.0957. The molecule has 1 fully saturated rings. The Kier molecular flexibility index (Phi) is 8.15. The molecule has 1 aliphatic rings. The lowest BCUT2D eigenvalue weighted by atomic mass is 9.79. The monoisotopic (exact) mass is 365 g/mol. The number of hydrogen-bond donors (Lipinski definition) is 9. The highest BCUT2D eigenvalue weighted by molar-refractivity contribution is 5.69. The van der Waals surface area contributed by atoms with E-state index in [-0.39, 0.29) is 13.0 Å². The first-order chi connectivity index (χ1) is 11.6. The summed E-state index contributed by atoms with van der Waals surface area (Å²) in [5.41, 5.74) is 0. The van der Waals surface area contributed by atoms with Gasteiger partial charge in [0, 0.05) is 6.54 Å². The SMILES string of the molecule is O=C(O)CCN[C@H]1[C@@H](O)[C@@H](NCC(=O)O)[C@@H](O)[C@@H](NCC(=O)O)[C@H]1O. The van der Waals surface area contributed by atoms with Gasteiger partial charge < -0.3 is 36.0 Å². The van der Waals surface area contributed by atoms with Gasteiger partial charge in [0.2, 0.25) is 0 Å². The van der Waals surface area contributed by atoms with Crippen molar-refractivity contribution in [1.29, 1.82) is 0 Å². The van der Waals surface area contributed by atoms with Crippen LogP contribution in [-0.2, 0) is 14.4 Å². The minimum Gasteiger partial charge on any atom is -0.481 e. The van der Waals surface area contributed by atoms with Crippen LogP contribution in [0.4, 0.5) is 0 Å². The average Bonchev–Trinajstić information content (AvgIpc) is 2.49. The molecular formula is C13H23N3O9. The van der Waals surface area contributed by atoms with E-state index in [1.54, 1.807) is 0 Å². The Hall–Kier alpha value is -1.83. The third kappa shape index (κ3) is 6.19. The second kappa shape index (κ2) is 9.60. The molecule has 1 rings (SSSR count). The fourth-order valence-electron chi connectivity index (χ4n) is 2.76. The zero-order valence-electron chi connectivity index (χ0n) is 13.2. The zero-order chi connectivity index (χ0) is 19.1. The van der Waals surface area contributed by atoms with Crippen LogP contribution in [-0.4, -0.2) is 105 Å². The summed E-state index contributed by atoms with van der Waals surface area (Å²) in [6.07, 6.45) is -4.66. The molecule has 0 heterocycles. The van der Waals surface area contributed by atoms with Crippen LogP contribution in [0.15, 0.2) is 0 Å². The van der Waals surface area contributed by atoms with Crippen molar-refractivity contribution >= 4 is 17.9 Å². The van der Waals surface area contributed by atoms with Gasteiger partial charge in [-0.1, -0.05) is 0 Å². The number of carboxylic acids is 3. The van der Waals surface area contributed by atoms with Gasteiger partial charge in [-0.3, -0.25) is 25.0 Å². The van der Waals surface area contributed by atoms with Crippen molar-refractivity contribution in [3.8, 4) is 0 Å². The molecule has 0 aromatic heterocycles. The number of aliphatic hydroxyl groups is 3. The van der Waals surface area contributed by atoms with Crippen molar-refractivity contribution in [3.05, 3.63) is 0 Å². The molecule has 0 spiro atoms. The molecule has 0 amide bonds. The molecule has 1 aliphatic carbocycles. The van der Waals surface area contributed by atoms with Crippen LogP contribution in [0.3, 0.4) is 0 Å². The molecule has 0 radical (unpaired) electrons. The van der Waals surface area contributed by atoms with Gasteiger partial charge in [-0.25, -0.2) is 0 Å². The van der Waals surface area contributed by atoms with E-state index >= 15 is 0 Å². The number of aliphatic carboxylic acids is 3. The summed E-state index contributed by atoms with van der Waals surface area (Å²) < 4.78 is 0. The second-order valence-corrected chi connectivity index (χ2v) is 5.70. The first kappa shape index (κ1) is 21.2. The first-order valence-corrected chi connectivity index (χ1v) is 7.55. The Morgan fingerprint density at radius 2 is 1.00 bits per heavy atom. The highest BCUT2D eigenvalue weighted by Gasteiger charge is 2.49. The topological polar surface area (TPSA) is 209 Å². The summed E-state index contributed by atoms with van der Waals surface area (Å²) in [5, 5.41) is 64.5. The van der Waals surface area contributed by atoms with Crippen molar-refractivity contribution in [2.75, 3.05) is 19.6 Å². The first-order valence-electron chi connectivity index (χ1n) is 7.55. The molecule has 6 atom stereocenters. The van der Waals surface area contributed by atoms with Gasteiger partial charge in [0.25, 0.3) is 0 Å². The molecular weight excluding hydrogens is 342 g/mol. The molecule has 0 unspecified atom stereocenters. The maximum atomic E-state index is 10.7. The van der Waals surface area contributed by atoms with Crippen molar-refractivity contribution in [1.82, 2.24) is 16.0 Å². The molecule has 0 aliphatic heterocycles. The molecule has 144 valence electrons. The average molecular weight is 365 g/mol. The van der Waals surface area contributed by atoms with Gasteiger partial charge in [-0.15, -0.1) is 0 Å². The van der Waals surface area contributed by atoms with E-state index in [9.17, 15) is 29.7 Å². The van der Waals surface area contributed by atoms with E-state index < -0.39 is 67.4 Å². The van der Waals surface area contributed by atoms with Gasteiger partial charge in [0.05, 0.1) is 55.9 Å². The van der Waals surface area contributed by atoms with E-state index in [2.05, 4.69) is 16.0 Å². The number of nitrogens with one attached hydrogen (secondary N) is 3. The van der Waals surface area contributed by atoms with Crippen LogP contribution in [0, 0.1) is 0 Å². The van der Waals surface area contributed by atoms with E-state index in [0.717, 1.165) is 0 Å². The van der Waals surface area contributed by atoms with Crippen molar-refractivity contribution < 1.29 is 45.0 Å². The van der Waals surface area contributed by atoms with Crippen molar-refractivity contribution in [2.24, 2.45) is 0 Å². The fourth-order valence-corrected chi connectivity index (χ4v) is 2.76. The van der Waals surface area contributed by atoms with Gasteiger partial charge in [0.15, 0.2) is 0 Å². The number of hydrogen-bond acceptors (Lipinski definition) is 9. The number of aliphatic hydroxyl groups excluding tert-OH is 3. The molecule has 1 saturated carbocycles. The maximum Gasteiger partial charge on any atom is 0.317 e. The Morgan fingerprint density at radius 1 is 0.640 bits per heavy atom. The predicted octanol–water partition coefficient (Wildman–Crippen LogP) is -4.40. The Balaban J connectivity index is 2.90. The van der Waals surface area contributed by atoms with Crippen molar-refractivity contribution in [3.63, 3.8) is 0 Å². The normalized spacial score (nSPS) is 32.3. The highest BCUT2D eigenvalue weighted by atomic mass is 16.4. The lowest BCUT2D eigenvalue weighted by molar-refractivity contribution is -0.140. The van der Waals surface area contributed by atoms with Crippen LogP contribution in [0.25, 0.3) is 0 Å². The third-order valence-electron chi connectivity index (χ3n) is 3.90. The van der Waals surface area contributed by atoms with Crippen LogP contribution in [0.2, 0.25) is 0 Å². The summed E-state index contributed by atoms with van der Waals surface area (Å²) in [6, 6.07) is -3.48. The standard InChI is InChI=1S/C13H23N3O9/c17-5(18)1-2-14-8-11(23)9(15-3-6(19)20)13(25)10(12(8)24)16-4-7(21)22/h8-16,23-25H,1-4H2,(H,17,18)(H,19,20)(H,21,22)/t8-,9+,10-,11+,12-,13+. The molecule has 12 heteroatoms. The molecule has 9 N–H and O–H groups in total. The maximum absolute atomic E-state index is 10.7. The largest absolute Gasteiger partial charge is 0.481 e. The molecule has 12 nitrogen and oxygen atoms in total. The number of carboxylic acid groups (broad SMARTS) is 3. The summed E-state index contributed by atoms with van der Waals surface area (Å²) in [5.74, 6) is -3.58. The van der Waals surface area contributed by atoms with Gasteiger partial charge in [-0.2, -0.15) is 0 Å². The lowest BCUT2D eigenvalue weighted by Gasteiger charge is -2.46. The van der Waals surface area contributed by atoms with Crippen LogP contribution in [0.5, 0.6) is 0 Å². The molecule has 0 bridgehead atoms. The Labute approximate surface area is 142 Å².